The van der Waals surface area contributed by atoms with Crippen molar-refractivity contribution in [2.75, 3.05) is 18.2 Å². The summed E-state index contributed by atoms with van der Waals surface area (Å²) in [6.07, 6.45) is -0.845. The second kappa shape index (κ2) is 9.09. The molecule has 0 unspecified atom stereocenters. The lowest BCUT2D eigenvalue weighted by atomic mass is 10.2. The summed E-state index contributed by atoms with van der Waals surface area (Å²) in [5.41, 5.74) is 1.37. The van der Waals surface area contributed by atoms with Crippen LogP contribution in [0.4, 0.5) is 9.80 Å². The molecule has 8 heteroatoms. The number of carbonyl (C=O) groups is 3. The number of thioether (sulfide) groups is 1. The predicted molar refractivity (Wildman–Crippen MR) is 95.4 cm³/mol. The van der Waals surface area contributed by atoms with Crippen LogP contribution in [-0.4, -0.2) is 30.8 Å². The number of carbonyl (C=O) groups excluding carboxylic acids is 3. The molecule has 6 nitrogen and oxygen atoms in total. The molecule has 2 aromatic rings. The Kier molecular flexibility index (Phi) is 6.83. The molecule has 1 aromatic carbocycles. The number of hydrogen-bond acceptors (Lipinski definition) is 6. The number of amides is 3. The van der Waals surface area contributed by atoms with E-state index in [1.165, 1.54) is 36.3 Å². The number of benzene rings is 1. The van der Waals surface area contributed by atoms with Crippen molar-refractivity contribution in [2.45, 2.75) is 5.75 Å². The molecule has 0 radical (unpaired) electrons. The molecule has 0 saturated heterocycles. The third-order valence-electron chi connectivity index (χ3n) is 2.91. The van der Waals surface area contributed by atoms with Gasteiger partial charge in [-0.3, -0.25) is 14.9 Å². The van der Waals surface area contributed by atoms with E-state index >= 15 is 0 Å². The van der Waals surface area contributed by atoms with Crippen molar-refractivity contribution < 1.29 is 19.1 Å². The second-order valence-corrected chi connectivity index (χ2v) is 6.54. The third kappa shape index (κ3) is 5.39. The molecule has 0 saturated carbocycles. The number of imide groups is 1. The van der Waals surface area contributed by atoms with E-state index < -0.39 is 12.0 Å². The van der Waals surface area contributed by atoms with Crippen molar-refractivity contribution in [3.8, 4) is 0 Å². The van der Waals surface area contributed by atoms with Crippen LogP contribution >= 0.6 is 23.1 Å². The van der Waals surface area contributed by atoms with E-state index in [2.05, 4.69) is 15.4 Å². The van der Waals surface area contributed by atoms with Crippen molar-refractivity contribution in [1.29, 1.82) is 0 Å². The Morgan fingerprint density at radius 3 is 2.62 bits per heavy atom. The number of ether oxygens (including phenoxy) is 1. The number of rotatable bonds is 6. The molecule has 0 bridgehead atoms. The number of methoxy groups -OCH3 is 1. The fraction of sp³-hybridized carbons (Fsp3) is 0.188. The van der Waals surface area contributed by atoms with Crippen LogP contribution < -0.4 is 10.6 Å². The molecule has 3 amide bonds. The number of hydrogen-bond donors (Lipinski definition) is 2. The van der Waals surface area contributed by atoms with Gasteiger partial charge >= 0.3 is 6.09 Å². The van der Waals surface area contributed by atoms with Crippen molar-refractivity contribution in [3.63, 3.8) is 0 Å². The smallest absolute Gasteiger partial charge is 0.413 e. The van der Waals surface area contributed by atoms with Gasteiger partial charge < -0.3 is 10.1 Å². The third-order valence-corrected chi connectivity index (χ3v) is 4.74. The summed E-state index contributed by atoms with van der Waals surface area (Å²) >= 11 is 2.70. The molecule has 0 aliphatic heterocycles. The molecular weight excluding hydrogens is 348 g/mol. The monoisotopic (exact) mass is 364 g/mol. The average molecular weight is 364 g/mol. The quantitative estimate of drug-likeness (QED) is 0.823. The highest BCUT2D eigenvalue weighted by Crippen LogP contribution is 2.23. The normalized spacial score (nSPS) is 10.0. The molecule has 2 N–H and O–H groups in total. The van der Waals surface area contributed by atoms with Gasteiger partial charge in [0.05, 0.1) is 18.4 Å². The lowest BCUT2D eigenvalue weighted by molar-refractivity contribution is -0.113. The Bertz CT molecular complexity index is 716. The Morgan fingerprint density at radius 2 is 1.92 bits per heavy atom. The van der Waals surface area contributed by atoms with Gasteiger partial charge in [0.2, 0.25) is 5.91 Å². The second-order valence-electron chi connectivity index (χ2n) is 4.64. The summed E-state index contributed by atoms with van der Waals surface area (Å²) in [5, 5.41) is 6.83. The van der Waals surface area contributed by atoms with E-state index in [0.29, 0.717) is 5.00 Å². The maximum Gasteiger partial charge on any atom is 0.413 e. The van der Waals surface area contributed by atoms with Crippen LogP contribution in [0, 0.1) is 0 Å². The topological polar surface area (TPSA) is 84.5 Å². The largest absolute Gasteiger partial charge is 0.453 e. The Balaban J connectivity index is 1.85. The molecule has 126 valence electrons. The molecule has 0 spiro atoms. The van der Waals surface area contributed by atoms with Gasteiger partial charge in [0.25, 0.3) is 5.91 Å². The maximum absolute atomic E-state index is 12.0. The van der Waals surface area contributed by atoms with Gasteiger partial charge in [0.15, 0.2) is 0 Å². The molecule has 1 heterocycles. The lowest BCUT2D eigenvalue weighted by Crippen LogP contribution is -2.30. The lowest BCUT2D eigenvalue weighted by Gasteiger charge is -2.06. The molecule has 0 atom stereocenters. The maximum atomic E-state index is 12.0. The number of nitrogens with one attached hydrogen (secondary N) is 2. The highest BCUT2D eigenvalue weighted by molar-refractivity contribution is 7.99. The predicted octanol–water partition coefficient (Wildman–Crippen LogP) is 3.12. The zero-order valence-corrected chi connectivity index (χ0v) is 14.5. The van der Waals surface area contributed by atoms with Gasteiger partial charge in [0.1, 0.15) is 5.00 Å². The van der Waals surface area contributed by atoms with Gasteiger partial charge in [-0.1, -0.05) is 30.3 Å². The molecule has 2 rings (SSSR count). The van der Waals surface area contributed by atoms with Crippen LogP contribution in [0.3, 0.4) is 0 Å². The number of anilines is 1. The Morgan fingerprint density at radius 1 is 1.17 bits per heavy atom. The van der Waals surface area contributed by atoms with E-state index in [4.69, 9.17) is 0 Å². The zero-order valence-electron chi connectivity index (χ0n) is 12.9. The molecular formula is C16H16N2O4S2. The summed E-state index contributed by atoms with van der Waals surface area (Å²) in [5.74, 6) is 0.181. The summed E-state index contributed by atoms with van der Waals surface area (Å²) in [6, 6.07) is 11.4. The van der Waals surface area contributed by atoms with E-state index in [9.17, 15) is 14.4 Å². The summed E-state index contributed by atoms with van der Waals surface area (Å²) < 4.78 is 4.38. The van der Waals surface area contributed by atoms with Crippen LogP contribution in [0.15, 0.2) is 41.8 Å². The number of thiophene rings is 1. The van der Waals surface area contributed by atoms with E-state index in [0.717, 1.165) is 11.3 Å². The van der Waals surface area contributed by atoms with Gasteiger partial charge in [-0.2, -0.15) is 0 Å². The number of alkyl carbamates (subject to hydrolysis) is 1. The fourth-order valence-electron chi connectivity index (χ4n) is 1.79. The zero-order chi connectivity index (χ0) is 17.4. The van der Waals surface area contributed by atoms with Crippen molar-refractivity contribution in [1.82, 2.24) is 5.32 Å². The molecule has 1 aromatic heterocycles. The highest BCUT2D eigenvalue weighted by atomic mass is 32.2. The first-order valence-corrected chi connectivity index (χ1v) is 9.02. The molecule has 0 aliphatic rings. The molecule has 0 aliphatic carbocycles. The highest BCUT2D eigenvalue weighted by Gasteiger charge is 2.17. The van der Waals surface area contributed by atoms with Crippen LogP contribution in [0.1, 0.15) is 15.9 Å². The van der Waals surface area contributed by atoms with Crippen LogP contribution in [0.5, 0.6) is 0 Å². The van der Waals surface area contributed by atoms with Crippen LogP contribution in [0.2, 0.25) is 0 Å². The summed E-state index contributed by atoms with van der Waals surface area (Å²) in [4.78, 5) is 35.0. The SMILES string of the molecule is COC(=O)NC(=O)c1ccsc1NC(=O)CSCc1ccccc1. The minimum absolute atomic E-state index is 0.203. The summed E-state index contributed by atoms with van der Waals surface area (Å²) in [7, 11) is 1.17. The molecule has 0 fully saturated rings. The summed E-state index contributed by atoms with van der Waals surface area (Å²) in [6.45, 7) is 0. The minimum Gasteiger partial charge on any atom is -0.453 e. The average Bonchev–Trinajstić information content (AvgIpc) is 3.03. The van der Waals surface area contributed by atoms with Crippen LogP contribution in [0.25, 0.3) is 0 Å². The van der Waals surface area contributed by atoms with Gasteiger partial charge in [-0.05, 0) is 17.0 Å². The van der Waals surface area contributed by atoms with Gasteiger partial charge in [-0.25, -0.2) is 4.79 Å². The van der Waals surface area contributed by atoms with E-state index in [1.807, 2.05) is 30.3 Å². The van der Waals surface area contributed by atoms with E-state index in [-0.39, 0.29) is 17.2 Å². The fourth-order valence-corrected chi connectivity index (χ4v) is 3.38. The van der Waals surface area contributed by atoms with Crippen molar-refractivity contribution >= 4 is 46.0 Å². The first-order chi connectivity index (χ1) is 11.6. The first kappa shape index (κ1) is 18.0. The van der Waals surface area contributed by atoms with Crippen molar-refractivity contribution in [3.05, 3.63) is 52.9 Å². The van der Waals surface area contributed by atoms with E-state index in [1.54, 1.807) is 5.38 Å². The first-order valence-electron chi connectivity index (χ1n) is 6.98. The molecule has 24 heavy (non-hydrogen) atoms. The van der Waals surface area contributed by atoms with Crippen LogP contribution in [-0.2, 0) is 15.3 Å². The van der Waals surface area contributed by atoms with Gasteiger partial charge in [-0.15, -0.1) is 23.1 Å². The Hall–Kier alpha value is -2.32. The van der Waals surface area contributed by atoms with Gasteiger partial charge in [0, 0.05) is 5.75 Å². The Labute approximate surface area is 147 Å². The van der Waals surface area contributed by atoms with Crippen molar-refractivity contribution in [2.24, 2.45) is 0 Å². The minimum atomic E-state index is -0.845. The standard InChI is InChI=1S/C16H16N2O4S2/c1-22-16(21)18-14(20)12-7-8-24-15(12)17-13(19)10-23-9-11-5-3-2-4-6-11/h2-8H,9-10H2,1H3,(H,17,19)(H,18,20,21).